The van der Waals surface area contributed by atoms with Crippen LogP contribution < -0.4 is 45.7 Å². The molecule has 144 valence electrons. The molecule has 28 heavy (non-hydrogen) atoms. The second kappa shape index (κ2) is 9.46. The molecule has 0 saturated carbocycles. The first-order valence-corrected chi connectivity index (χ1v) is 9.92. The molecule has 1 aromatic rings. The normalized spacial score (nSPS) is 21.4. The molecule has 3 rings (SSSR count). The van der Waals surface area contributed by atoms with Gasteiger partial charge in [0.25, 0.3) is 11.8 Å². The minimum absolute atomic E-state index is 0. The zero-order valence-electron chi connectivity index (χ0n) is 14.8. The van der Waals surface area contributed by atoms with E-state index in [1.54, 1.807) is 6.92 Å². The fraction of sp³-hybridized carbons (Fsp3) is 0.357. The summed E-state index contributed by atoms with van der Waals surface area (Å²) in [5.74, 6) is -2.65. The van der Waals surface area contributed by atoms with E-state index in [2.05, 4.69) is 15.5 Å². The topological polar surface area (TPSA) is 150 Å². The molecule has 2 aliphatic rings. The number of aliphatic carboxylic acids is 1. The molecule has 1 unspecified atom stereocenters. The quantitative estimate of drug-likeness (QED) is 0.192. The van der Waals surface area contributed by atoms with Gasteiger partial charge in [-0.25, -0.2) is 4.98 Å². The Balaban J connectivity index is 0.00000280. The number of carbonyl (C=O) groups excluding carboxylic acids is 3. The number of anilines is 1. The molecule has 2 atom stereocenters. The third-order valence-electron chi connectivity index (χ3n) is 3.67. The van der Waals surface area contributed by atoms with Crippen LogP contribution in [0.5, 0.6) is 0 Å². The van der Waals surface area contributed by atoms with E-state index in [0.29, 0.717) is 0 Å². The Bertz CT molecular complexity index is 876. The van der Waals surface area contributed by atoms with E-state index >= 15 is 0 Å². The summed E-state index contributed by atoms with van der Waals surface area (Å²) in [7, 11) is 0. The predicted octanol–water partition coefficient (Wildman–Crippen LogP) is -3.93. The molecule has 1 fully saturated rings. The van der Waals surface area contributed by atoms with Crippen molar-refractivity contribution in [1.29, 1.82) is 0 Å². The van der Waals surface area contributed by atoms with Gasteiger partial charge < -0.3 is 25.8 Å². The molecule has 0 aromatic carbocycles. The molecule has 2 amide bonds. The summed E-state index contributed by atoms with van der Waals surface area (Å²) in [5.41, 5.74) is 5.29. The van der Waals surface area contributed by atoms with E-state index in [1.165, 1.54) is 17.1 Å². The fourth-order valence-electron chi connectivity index (χ4n) is 2.51. The van der Waals surface area contributed by atoms with Gasteiger partial charge in [-0.15, -0.1) is 23.1 Å². The predicted molar refractivity (Wildman–Crippen MR) is 97.6 cm³/mol. The summed E-state index contributed by atoms with van der Waals surface area (Å²) in [5, 5.41) is 18.7. The third-order valence-corrected chi connectivity index (χ3v) is 6.09. The number of carbonyl (C=O) groups is 3. The van der Waals surface area contributed by atoms with Gasteiger partial charge in [-0.05, 0) is 6.92 Å². The summed E-state index contributed by atoms with van der Waals surface area (Å²) in [6.07, 6.45) is 0. The van der Waals surface area contributed by atoms with Crippen LogP contribution >= 0.6 is 34.7 Å². The SMILES string of the molecule is CCON=C(C(=O)NC1C(=O)N2C(C(=O)[O-])=C(Cl)CS[C@H]12)c1csc(N)n1.[Na+]. The number of nitrogens with zero attached hydrogens (tertiary/aromatic N) is 3. The largest absolute Gasteiger partial charge is 1.00 e. The zero-order valence-corrected chi connectivity index (χ0v) is 19.2. The van der Waals surface area contributed by atoms with Gasteiger partial charge in [0.2, 0.25) is 0 Å². The van der Waals surface area contributed by atoms with Crippen LogP contribution in [0.1, 0.15) is 12.6 Å². The second-order valence-electron chi connectivity index (χ2n) is 5.33. The monoisotopic (exact) mass is 453 g/mol. The number of thiazole rings is 1. The number of carboxylic acids is 1. The first-order valence-electron chi connectivity index (χ1n) is 7.62. The number of nitrogen functional groups attached to an aromatic ring is 1. The Morgan fingerprint density at radius 2 is 2.29 bits per heavy atom. The average Bonchev–Trinajstić information content (AvgIpc) is 3.05. The Kier molecular flexibility index (Phi) is 7.76. The molecule has 0 radical (unpaired) electrons. The van der Waals surface area contributed by atoms with Gasteiger partial charge in [-0.2, -0.15) is 0 Å². The molecule has 14 heteroatoms. The standard InChI is InChI=1S/C14H14ClN5O5S2.Na/c1-2-25-19-7(6-4-27-14(16)17-6)10(21)18-8-11(22)20-9(13(23)24)5(15)3-26-12(8)20;/h4,8,12H,2-3H2,1H3,(H2,16,17)(H,18,21)(H,23,24);/q;+1/p-1/t8?,12-;/m1./s1. The van der Waals surface area contributed by atoms with Gasteiger partial charge in [0.1, 0.15) is 23.7 Å². The number of nitrogens with one attached hydrogen (secondary N) is 1. The van der Waals surface area contributed by atoms with Crippen molar-refractivity contribution in [1.82, 2.24) is 15.2 Å². The van der Waals surface area contributed by atoms with Crippen LogP contribution in [-0.4, -0.2) is 57.2 Å². The van der Waals surface area contributed by atoms with Crippen molar-refractivity contribution in [3.8, 4) is 0 Å². The first kappa shape index (κ1) is 23.0. The maximum absolute atomic E-state index is 12.6. The summed E-state index contributed by atoms with van der Waals surface area (Å²) >= 11 is 8.24. The average molecular weight is 454 g/mol. The van der Waals surface area contributed by atoms with Gasteiger partial charge in [0.15, 0.2) is 10.8 Å². The van der Waals surface area contributed by atoms with Crippen molar-refractivity contribution in [3.05, 3.63) is 21.8 Å². The number of nitrogens with two attached hydrogens (primary N) is 1. The second-order valence-corrected chi connectivity index (χ2v) is 7.78. The van der Waals surface area contributed by atoms with Crippen LogP contribution in [0.25, 0.3) is 0 Å². The number of aromatic nitrogens is 1. The van der Waals surface area contributed by atoms with Crippen molar-refractivity contribution < 1.29 is 53.9 Å². The minimum Gasteiger partial charge on any atom is -0.543 e. The van der Waals surface area contributed by atoms with E-state index in [-0.39, 0.29) is 69.2 Å². The molecule has 0 spiro atoms. The first-order chi connectivity index (χ1) is 12.8. The Hall–Kier alpha value is -1.31. The van der Waals surface area contributed by atoms with E-state index < -0.39 is 29.2 Å². The zero-order chi connectivity index (χ0) is 19.7. The Morgan fingerprint density at radius 1 is 1.57 bits per heavy atom. The Labute approximate surface area is 194 Å². The maximum atomic E-state index is 12.6. The molecule has 0 bridgehead atoms. The molecule has 1 aromatic heterocycles. The van der Waals surface area contributed by atoms with Crippen molar-refractivity contribution in [3.63, 3.8) is 0 Å². The fourth-order valence-corrected chi connectivity index (χ4v) is 4.61. The van der Waals surface area contributed by atoms with Gasteiger partial charge >= 0.3 is 29.6 Å². The minimum atomic E-state index is -1.54. The number of thioether (sulfide) groups is 1. The van der Waals surface area contributed by atoms with Crippen LogP contribution in [-0.2, 0) is 19.2 Å². The molecular formula is C14H13ClN5NaO5S2. The maximum Gasteiger partial charge on any atom is 1.00 e. The van der Waals surface area contributed by atoms with E-state index in [1.807, 2.05) is 0 Å². The summed E-state index contributed by atoms with van der Waals surface area (Å²) in [4.78, 5) is 46.2. The number of amides is 2. The van der Waals surface area contributed by atoms with Crippen molar-refractivity contribution >= 4 is 63.3 Å². The van der Waals surface area contributed by atoms with Gasteiger partial charge in [-0.3, -0.25) is 14.5 Å². The van der Waals surface area contributed by atoms with Crippen molar-refractivity contribution in [2.75, 3.05) is 18.1 Å². The number of halogens is 1. The van der Waals surface area contributed by atoms with Crippen LogP contribution in [0.15, 0.2) is 21.3 Å². The van der Waals surface area contributed by atoms with Crippen LogP contribution in [0.4, 0.5) is 5.13 Å². The number of carboxylic acid groups (broad SMARTS) is 1. The van der Waals surface area contributed by atoms with Crippen molar-refractivity contribution in [2.45, 2.75) is 18.3 Å². The van der Waals surface area contributed by atoms with Crippen molar-refractivity contribution in [2.24, 2.45) is 5.16 Å². The summed E-state index contributed by atoms with van der Waals surface area (Å²) in [6, 6.07) is -0.940. The summed E-state index contributed by atoms with van der Waals surface area (Å²) < 4.78 is 0. The van der Waals surface area contributed by atoms with Gasteiger partial charge in [0.05, 0.1) is 16.7 Å². The molecule has 3 N–H and O–H groups in total. The molecule has 1 saturated heterocycles. The van der Waals surface area contributed by atoms with Crippen LogP contribution in [0.2, 0.25) is 0 Å². The molecule has 2 aliphatic heterocycles. The van der Waals surface area contributed by atoms with E-state index in [9.17, 15) is 19.5 Å². The van der Waals surface area contributed by atoms with Gasteiger partial charge in [-0.1, -0.05) is 16.8 Å². The number of oxime groups is 1. The molecule has 10 nitrogen and oxygen atoms in total. The smallest absolute Gasteiger partial charge is 0.543 e. The number of fused-ring (bicyclic) bond motifs is 1. The molecule has 0 aliphatic carbocycles. The molecular weight excluding hydrogens is 441 g/mol. The van der Waals surface area contributed by atoms with Crippen LogP contribution in [0, 0.1) is 0 Å². The number of hydrogen-bond donors (Lipinski definition) is 2. The number of β-lactam (4-membered cyclic amide) rings is 1. The number of hydrogen-bond acceptors (Lipinski definition) is 10. The Morgan fingerprint density at radius 3 is 2.86 bits per heavy atom. The molecule has 3 heterocycles. The van der Waals surface area contributed by atoms with E-state index in [4.69, 9.17) is 22.2 Å². The third kappa shape index (κ3) is 4.31. The van der Waals surface area contributed by atoms with Gasteiger partial charge in [0, 0.05) is 11.1 Å². The summed E-state index contributed by atoms with van der Waals surface area (Å²) in [6.45, 7) is 1.92. The van der Waals surface area contributed by atoms with Crippen LogP contribution in [0.3, 0.4) is 0 Å². The number of rotatable bonds is 6. The van der Waals surface area contributed by atoms with E-state index in [0.717, 1.165) is 16.2 Å².